The first-order chi connectivity index (χ1) is 10.6. The van der Waals surface area contributed by atoms with Gasteiger partial charge in [-0.1, -0.05) is 36.4 Å². The Bertz CT molecular complexity index is 724. The highest BCUT2D eigenvalue weighted by atomic mass is 16.6. The van der Waals surface area contributed by atoms with E-state index >= 15 is 0 Å². The normalized spacial score (nSPS) is 15.8. The number of carbonyl (C=O) groups excluding carboxylic acids is 1. The molecule has 0 aromatic heterocycles. The summed E-state index contributed by atoms with van der Waals surface area (Å²) in [6, 6.07) is 16.0. The number of hydrogen-bond donors (Lipinski definition) is 2. The van der Waals surface area contributed by atoms with Crippen LogP contribution in [0.3, 0.4) is 0 Å². The van der Waals surface area contributed by atoms with Crippen LogP contribution in [0.15, 0.2) is 60.3 Å². The van der Waals surface area contributed by atoms with E-state index in [-0.39, 0.29) is 0 Å². The number of likely N-dealkylation sites (N-methyl/N-ethyl adjacent to an activating group) is 1. The molecule has 0 radical (unpaired) electrons. The predicted octanol–water partition coefficient (Wildman–Crippen LogP) is 3.63. The Morgan fingerprint density at radius 1 is 1.14 bits per heavy atom. The third kappa shape index (κ3) is 2.72. The molecule has 1 atom stereocenters. The number of fused-ring (bicyclic) bond motifs is 1. The van der Waals surface area contributed by atoms with Gasteiger partial charge in [0.1, 0.15) is 5.70 Å². The van der Waals surface area contributed by atoms with E-state index in [2.05, 4.69) is 10.6 Å². The number of para-hydroxylation sites is 2. The zero-order valence-corrected chi connectivity index (χ0v) is 12.2. The summed E-state index contributed by atoms with van der Waals surface area (Å²) in [5.74, 6) is 0. The van der Waals surface area contributed by atoms with Crippen LogP contribution < -0.4 is 10.6 Å². The van der Waals surface area contributed by atoms with E-state index in [1.54, 1.807) is 18.2 Å². The van der Waals surface area contributed by atoms with Gasteiger partial charge in [0.15, 0.2) is 0 Å². The van der Waals surface area contributed by atoms with Crippen molar-refractivity contribution in [2.75, 3.05) is 24.2 Å². The second-order valence-electron chi connectivity index (χ2n) is 5.30. The van der Waals surface area contributed by atoms with Crippen molar-refractivity contribution < 1.29 is 9.44 Å². The van der Waals surface area contributed by atoms with Gasteiger partial charge < -0.3 is 10.5 Å². The van der Waals surface area contributed by atoms with Crippen LogP contribution in [-0.4, -0.2) is 24.3 Å². The van der Waals surface area contributed by atoms with Crippen LogP contribution in [0.4, 0.5) is 16.2 Å². The molecule has 2 aromatic carbocycles. The van der Waals surface area contributed by atoms with Gasteiger partial charge in [-0.2, -0.15) is 0 Å². The molecular weight excluding hydrogens is 278 g/mol. The molecule has 1 unspecified atom stereocenters. The van der Waals surface area contributed by atoms with Crippen molar-refractivity contribution in [1.82, 2.24) is 0 Å². The van der Waals surface area contributed by atoms with E-state index in [1.165, 1.54) is 7.05 Å². The predicted molar refractivity (Wildman–Crippen MR) is 87.9 cm³/mol. The van der Waals surface area contributed by atoms with Crippen LogP contribution >= 0.6 is 0 Å². The Labute approximate surface area is 129 Å². The Morgan fingerprint density at radius 2 is 1.82 bits per heavy atom. The Kier molecular flexibility index (Phi) is 3.66. The summed E-state index contributed by atoms with van der Waals surface area (Å²) in [4.78, 5) is 12.3. The molecule has 0 saturated carbocycles. The summed E-state index contributed by atoms with van der Waals surface area (Å²) in [6.45, 7) is 0.346. The van der Waals surface area contributed by atoms with Crippen molar-refractivity contribution in [3.8, 4) is 0 Å². The lowest BCUT2D eigenvalue weighted by Crippen LogP contribution is -2.47. The quantitative estimate of drug-likeness (QED) is 0.657. The number of rotatable bonds is 2. The molecule has 22 heavy (non-hydrogen) atoms. The number of carbonyl (C=O) groups is 1. The molecule has 2 amide bonds. The third-order valence-corrected chi connectivity index (χ3v) is 3.70. The zero-order valence-electron chi connectivity index (χ0n) is 12.2. The maximum absolute atomic E-state index is 12.8. The topological polar surface area (TPSA) is 64.2 Å². The van der Waals surface area contributed by atoms with E-state index in [9.17, 15) is 10.0 Å². The molecule has 1 heterocycles. The van der Waals surface area contributed by atoms with Gasteiger partial charge >= 0.3 is 6.03 Å². The van der Waals surface area contributed by atoms with E-state index in [0.29, 0.717) is 17.9 Å². The first-order valence-electron chi connectivity index (χ1n) is 7.05. The Hall–Kier alpha value is -2.63. The van der Waals surface area contributed by atoms with Crippen molar-refractivity contribution in [2.24, 2.45) is 0 Å². The molecule has 0 fully saturated rings. The lowest BCUT2D eigenvalue weighted by Gasteiger charge is -2.38. The van der Waals surface area contributed by atoms with Gasteiger partial charge in [-0.3, -0.25) is 5.32 Å². The van der Waals surface area contributed by atoms with Crippen molar-refractivity contribution in [3.63, 3.8) is 0 Å². The van der Waals surface area contributed by atoms with Crippen LogP contribution in [0.1, 0.15) is 5.56 Å². The summed E-state index contributed by atoms with van der Waals surface area (Å²) < 4.78 is -1.09. The van der Waals surface area contributed by atoms with Crippen LogP contribution in [0.25, 0.3) is 6.08 Å². The van der Waals surface area contributed by atoms with E-state index in [1.807, 2.05) is 42.5 Å². The minimum absolute atomic E-state index is 0.346. The standard InChI is InChI=1S/C17H17N3O2/c1-20(22,17(21)19-14-8-3-2-4-9-14)15-11-13-7-5-6-10-16(13)18-12-15/h2-11,18H,12H2,1H3,(H,19,21). The molecule has 1 aliphatic heterocycles. The van der Waals surface area contributed by atoms with Crippen molar-refractivity contribution >= 4 is 23.5 Å². The number of hydrogen-bond acceptors (Lipinski definition) is 3. The molecule has 3 rings (SSSR count). The van der Waals surface area contributed by atoms with Crippen molar-refractivity contribution in [3.05, 3.63) is 71.1 Å². The number of nitrogens with zero attached hydrogens (tertiary/aromatic N) is 1. The van der Waals surface area contributed by atoms with Gasteiger partial charge in [-0.15, -0.1) is 0 Å². The van der Waals surface area contributed by atoms with Crippen LogP contribution in [0, 0.1) is 5.21 Å². The fourth-order valence-corrected chi connectivity index (χ4v) is 2.36. The fraction of sp³-hybridized carbons (Fsp3) is 0.118. The summed E-state index contributed by atoms with van der Waals surface area (Å²) in [5, 5.41) is 18.6. The molecule has 0 spiro atoms. The number of hydroxylamine groups is 3. The number of nitrogens with one attached hydrogen (secondary N) is 2. The number of quaternary nitrogens is 1. The van der Waals surface area contributed by atoms with Gasteiger partial charge in [-0.05, 0) is 18.2 Å². The molecule has 0 aliphatic carbocycles. The maximum Gasteiger partial charge on any atom is 0.425 e. The number of anilines is 2. The van der Waals surface area contributed by atoms with Gasteiger partial charge in [0.05, 0.1) is 13.6 Å². The molecule has 112 valence electrons. The summed E-state index contributed by atoms with van der Waals surface area (Å²) in [6.07, 6.45) is 1.78. The first-order valence-corrected chi connectivity index (χ1v) is 7.05. The van der Waals surface area contributed by atoms with Crippen LogP contribution in [0.5, 0.6) is 0 Å². The second kappa shape index (κ2) is 5.63. The summed E-state index contributed by atoms with van der Waals surface area (Å²) in [5.41, 5.74) is 2.95. The van der Waals surface area contributed by atoms with Crippen molar-refractivity contribution in [1.29, 1.82) is 0 Å². The highest BCUT2D eigenvalue weighted by Crippen LogP contribution is 2.27. The van der Waals surface area contributed by atoms with Crippen LogP contribution in [0.2, 0.25) is 0 Å². The molecule has 2 N–H and O–H groups in total. The Balaban J connectivity index is 1.84. The number of urea groups is 1. The minimum Gasteiger partial charge on any atom is -0.619 e. The van der Waals surface area contributed by atoms with E-state index in [4.69, 9.17) is 0 Å². The van der Waals surface area contributed by atoms with Crippen LogP contribution in [-0.2, 0) is 0 Å². The highest BCUT2D eigenvalue weighted by molar-refractivity contribution is 5.86. The lowest BCUT2D eigenvalue weighted by molar-refractivity contribution is -0.731. The van der Waals surface area contributed by atoms with Gasteiger partial charge in [0.2, 0.25) is 0 Å². The van der Waals surface area contributed by atoms with Gasteiger partial charge in [0.25, 0.3) is 0 Å². The summed E-state index contributed by atoms with van der Waals surface area (Å²) in [7, 11) is 1.35. The molecular formula is C17H17N3O2. The molecule has 1 aliphatic rings. The minimum atomic E-state index is -1.09. The van der Waals surface area contributed by atoms with E-state index < -0.39 is 10.7 Å². The average Bonchev–Trinajstić information content (AvgIpc) is 2.55. The average molecular weight is 295 g/mol. The number of amides is 2. The van der Waals surface area contributed by atoms with Crippen molar-refractivity contribution in [2.45, 2.75) is 0 Å². The maximum atomic E-state index is 12.8. The number of benzene rings is 2. The largest absolute Gasteiger partial charge is 0.619 e. The molecule has 0 bridgehead atoms. The van der Waals surface area contributed by atoms with Gasteiger partial charge in [-0.25, -0.2) is 9.44 Å². The smallest absolute Gasteiger partial charge is 0.425 e. The first kappa shape index (κ1) is 14.3. The lowest BCUT2D eigenvalue weighted by atomic mass is 10.1. The zero-order chi connectivity index (χ0) is 15.6. The summed E-state index contributed by atoms with van der Waals surface area (Å²) >= 11 is 0. The molecule has 0 saturated heterocycles. The second-order valence-corrected chi connectivity index (χ2v) is 5.30. The van der Waals surface area contributed by atoms with Gasteiger partial charge in [0, 0.05) is 23.0 Å². The fourth-order valence-electron chi connectivity index (χ4n) is 2.36. The Morgan fingerprint density at radius 3 is 2.59 bits per heavy atom. The van der Waals surface area contributed by atoms with E-state index in [0.717, 1.165) is 11.3 Å². The molecule has 5 nitrogen and oxygen atoms in total. The third-order valence-electron chi connectivity index (χ3n) is 3.70. The monoisotopic (exact) mass is 295 g/mol. The molecule has 2 aromatic rings. The molecule has 5 heteroatoms. The highest BCUT2D eigenvalue weighted by Gasteiger charge is 2.29. The SMILES string of the molecule is C[N+]([O-])(C(=O)Nc1ccccc1)C1=Cc2ccccc2NC1.